The first-order valence-electron chi connectivity index (χ1n) is 10.7. The molecule has 30 heavy (non-hydrogen) atoms. The molecule has 2 amide bonds. The summed E-state index contributed by atoms with van der Waals surface area (Å²) in [6.07, 6.45) is 2.43. The number of hydrogen-bond acceptors (Lipinski definition) is 2. The Morgan fingerprint density at radius 2 is 1.57 bits per heavy atom. The van der Waals surface area contributed by atoms with Crippen LogP contribution in [0, 0.1) is 6.92 Å². The highest BCUT2D eigenvalue weighted by atomic mass is 35.5. The number of amides is 2. The highest BCUT2D eigenvalue weighted by Gasteiger charge is 2.28. The molecule has 0 aliphatic carbocycles. The first kappa shape index (κ1) is 23.9. The van der Waals surface area contributed by atoms with Gasteiger partial charge in [-0.05, 0) is 56.4 Å². The summed E-state index contributed by atoms with van der Waals surface area (Å²) in [7, 11) is 0. The summed E-state index contributed by atoms with van der Waals surface area (Å²) in [6.45, 7) is 8.39. The van der Waals surface area contributed by atoms with Crippen molar-refractivity contribution >= 4 is 23.4 Å². The number of nitrogens with zero attached hydrogens (tertiary/aromatic N) is 1. The van der Waals surface area contributed by atoms with Crippen LogP contribution in [0.1, 0.15) is 56.7 Å². The van der Waals surface area contributed by atoms with E-state index in [1.807, 2.05) is 52.0 Å². The summed E-state index contributed by atoms with van der Waals surface area (Å²) in [5.41, 5.74) is 3.28. The van der Waals surface area contributed by atoms with Gasteiger partial charge in [-0.15, -0.1) is 0 Å². The molecule has 4 nitrogen and oxygen atoms in total. The minimum Gasteiger partial charge on any atom is -0.352 e. The van der Waals surface area contributed by atoms with E-state index in [4.69, 9.17) is 11.6 Å². The minimum atomic E-state index is -0.500. The molecule has 0 aromatic heterocycles. The number of rotatable bonds is 10. The number of halogens is 1. The van der Waals surface area contributed by atoms with E-state index in [0.717, 1.165) is 17.5 Å². The topological polar surface area (TPSA) is 49.4 Å². The van der Waals surface area contributed by atoms with Crippen LogP contribution in [0.3, 0.4) is 0 Å². The summed E-state index contributed by atoms with van der Waals surface area (Å²) in [5, 5.41) is 3.69. The van der Waals surface area contributed by atoms with E-state index in [1.165, 1.54) is 5.56 Å². The number of carbonyl (C=O) groups excluding carboxylic acids is 2. The molecule has 2 rings (SSSR count). The molecular formula is C25H33ClN2O2. The second-order valence-electron chi connectivity index (χ2n) is 7.88. The van der Waals surface area contributed by atoms with E-state index >= 15 is 0 Å². The Morgan fingerprint density at radius 3 is 2.13 bits per heavy atom. The molecule has 2 atom stereocenters. The van der Waals surface area contributed by atoms with Gasteiger partial charge < -0.3 is 10.2 Å². The molecule has 0 heterocycles. The van der Waals surface area contributed by atoms with Crippen molar-refractivity contribution in [2.45, 2.75) is 72.0 Å². The Hall–Kier alpha value is -2.33. The molecule has 0 aliphatic rings. The van der Waals surface area contributed by atoms with Crippen molar-refractivity contribution < 1.29 is 9.59 Å². The van der Waals surface area contributed by atoms with Gasteiger partial charge in [0.15, 0.2) is 0 Å². The van der Waals surface area contributed by atoms with Crippen LogP contribution in [0.15, 0.2) is 48.5 Å². The van der Waals surface area contributed by atoms with E-state index in [2.05, 4.69) is 29.6 Å². The summed E-state index contributed by atoms with van der Waals surface area (Å²) < 4.78 is 0. The van der Waals surface area contributed by atoms with Crippen molar-refractivity contribution in [1.82, 2.24) is 10.2 Å². The minimum absolute atomic E-state index is 0.0170. The van der Waals surface area contributed by atoms with Gasteiger partial charge in [0.25, 0.3) is 0 Å². The lowest BCUT2D eigenvalue weighted by Crippen LogP contribution is -2.50. The Balaban J connectivity index is 2.19. The van der Waals surface area contributed by atoms with Gasteiger partial charge in [-0.1, -0.05) is 67.4 Å². The van der Waals surface area contributed by atoms with Gasteiger partial charge >= 0.3 is 0 Å². The van der Waals surface area contributed by atoms with Crippen molar-refractivity contribution in [2.24, 2.45) is 0 Å². The van der Waals surface area contributed by atoms with Crippen molar-refractivity contribution in [3.8, 4) is 0 Å². The molecule has 0 bridgehead atoms. The van der Waals surface area contributed by atoms with Crippen LogP contribution in [0.5, 0.6) is 0 Å². The van der Waals surface area contributed by atoms with Gasteiger partial charge in [0, 0.05) is 24.0 Å². The van der Waals surface area contributed by atoms with E-state index < -0.39 is 6.04 Å². The van der Waals surface area contributed by atoms with Crippen molar-refractivity contribution in [1.29, 1.82) is 0 Å². The highest BCUT2D eigenvalue weighted by Crippen LogP contribution is 2.17. The molecule has 162 valence electrons. The van der Waals surface area contributed by atoms with Crippen LogP contribution in [-0.4, -0.2) is 28.8 Å². The zero-order valence-corrected chi connectivity index (χ0v) is 19.2. The Bertz CT molecular complexity index is 818. The number of nitrogens with one attached hydrogen (secondary N) is 1. The smallest absolute Gasteiger partial charge is 0.243 e. The summed E-state index contributed by atoms with van der Waals surface area (Å²) in [5.74, 6) is -0.110. The zero-order valence-electron chi connectivity index (χ0n) is 18.5. The van der Waals surface area contributed by atoms with Crippen LogP contribution in [0.25, 0.3) is 0 Å². The summed E-state index contributed by atoms with van der Waals surface area (Å²) in [6, 6.07) is 15.2. The highest BCUT2D eigenvalue weighted by molar-refractivity contribution is 6.30. The molecule has 0 saturated heterocycles. The maximum Gasteiger partial charge on any atom is 0.243 e. The molecule has 0 spiro atoms. The lowest BCUT2D eigenvalue weighted by molar-refractivity contribution is -0.141. The van der Waals surface area contributed by atoms with Crippen LogP contribution in [0.2, 0.25) is 5.02 Å². The average molecular weight is 429 g/mol. The molecular weight excluding hydrogens is 396 g/mol. The number of hydrogen-bond donors (Lipinski definition) is 1. The zero-order chi connectivity index (χ0) is 22.1. The van der Waals surface area contributed by atoms with E-state index in [-0.39, 0.29) is 17.9 Å². The third-order valence-electron chi connectivity index (χ3n) is 5.40. The van der Waals surface area contributed by atoms with Crippen molar-refractivity contribution in [2.75, 3.05) is 0 Å². The molecule has 0 saturated carbocycles. The second kappa shape index (κ2) is 11.8. The fourth-order valence-corrected chi connectivity index (χ4v) is 3.42. The molecule has 2 aromatic rings. The number of carbonyl (C=O) groups is 2. The number of aryl methyl sites for hydroxylation is 2. The largest absolute Gasteiger partial charge is 0.352 e. The summed E-state index contributed by atoms with van der Waals surface area (Å²) in [4.78, 5) is 27.9. The Kier molecular flexibility index (Phi) is 9.38. The van der Waals surface area contributed by atoms with Gasteiger partial charge in [-0.3, -0.25) is 9.59 Å². The second-order valence-corrected chi connectivity index (χ2v) is 8.31. The standard InChI is InChI=1S/C25H33ClN2O2/c1-5-19(4)27-25(30)23(6-2)28(17-21-11-14-22(26)15-12-21)24(29)16-13-20-9-7-18(3)8-10-20/h7-12,14-15,19,23H,5-6,13,16-17H2,1-4H3,(H,27,30)/t19-,23-/m1/s1. The van der Waals surface area contributed by atoms with Gasteiger partial charge in [0.1, 0.15) is 6.04 Å². The average Bonchev–Trinajstić information content (AvgIpc) is 2.74. The summed E-state index contributed by atoms with van der Waals surface area (Å²) >= 11 is 6.01. The molecule has 2 aromatic carbocycles. The third-order valence-corrected chi connectivity index (χ3v) is 5.65. The first-order valence-corrected chi connectivity index (χ1v) is 11.1. The van der Waals surface area contributed by atoms with Crippen LogP contribution < -0.4 is 5.32 Å². The van der Waals surface area contributed by atoms with Crippen LogP contribution in [-0.2, 0) is 22.6 Å². The fourth-order valence-electron chi connectivity index (χ4n) is 3.30. The van der Waals surface area contributed by atoms with Crippen molar-refractivity contribution in [3.05, 3.63) is 70.2 Å². The van der Waals surface area contributed by atoms with Crippen molar-refractivity contribution in [3.63, 3.8) is 0 Å². The predicted molar refractivity (Wildman–Crippen MR) is 123 cm³/mol. The lowest BCUT2D eigenvalue weighted by atomic mass is 10.0. The molecule has 0 fully saturated rings. The van der Waals surface area contributed by atoms with E-state index in [0.29, 0.717) is 30.8 Å². The maximum absolute atomic E-state index is 13.2. The van der Waals surface area contributed by atoms with Gasteiger partial charge in [-0.2, -0.15) is 0 Å². The monoisotopic (exact) mass is 428 g/mol. The molecule has 5 heteroatoms. The fraction of sp³-hybridized carbons (Fsp3) is 0.440. The Labute approximate surface area is 185 Å². The molecule has 0 radical (unpaired) electrons. The van der Waals surface area contributed by atoms with E-state index in [9.17, 15) is 9.59 Å². The van der Waals surface area contributed by atoms with E-state index in [1.54, 1.807) is 4.90 Å². The third kappa shape index (κ3) is 7.17. The normalized spacial score (nSPS) is 12.8. The molecule has 1 N–H and O–H groups in total. The SMILES string of the molecule is CC[C@@H](C)NC(=O)[C@@H](CC)N(Cc1ccc(Cl)cc1)C(=O)CCc1ccc(C)cc1. The van der Waals surface area contributed by atoms with Gasteiger partial charge in [-0.25, -0.2) is 0 Å². The lowest BCUT2D eigenvalue weighted by Gasteiger charge is -2.31. The van der Waals surface area contributed by atoms with Gasteiger partial charge in [0.05, 0.1) is 0 Å². The number of benzene rings is 2. The molecule has 0 aliphatic heterocycles. The predicted octanol–water partition coefficient (Wildman–Crippen LogP) is 5.30. The first-order chi connectivity index (χ1) is 14.3. The van der Waals surface area contributed by atoms with Crippen LogP contribution >= 0.6 is 11.6 Å². The van der Waals surface area contributed by atoms with Crippen LogP contribution in [0.4, 0.5) is 0 Å². The van der Waals surface area contributed by atoms with Gasteiger partial charge in [0.2, 0.25) is 11.8 Å². The Morgan fingerprint density at radius 1 is 0.967 bits per heavy atom. The quantitative estimate of drug-likeness (QED) is 0.558. The maximum atomic E-state index is 13.2. The molecule has 0 unspecified atom stereocenters.